The van der Waals surface area contributed by atoms with E-state index in [1.165, 1.54) is 4.90 Å². The van der Waals surface area contributed by atoms with E-state index in [-0.39, 0.29) is 11.1 Å². The number of amides is 2. The molecule has 3 aromatic carbocycles. The predicted molar refractivity (Wildman–Crippen MR) is 132 cm³/mol. The molecule has 32 heavy (non-hydrogen) atoms. The Morgan fingerprint density at radius 3 is 2.50 bits per heavy atom. The zero-order valence-electron chi connectivity index (χ0n) is 17.8. The fraction of sp³-hybridized carbons (Fsp3) is 0.200. The highest BCUT2D eigenvalue weighted by atomic mass is 79.9. The summed E-state index contributed by atoms with van der Waals surface area (Å²) in [5.41, 5.74) is 1.83. The molecule has 0 aliphatic carbocycles. The maximum absolute atomic E-state index is 12.5. The first-order chi connectivity index (χ1) is 15.5. The molecular formula is C25H22BrNO4S. The van der Waals surface area contributed by atoms with Gasteiger partial charge in [-0.1, -0.05) is 58.4 Å². The third-order valence-electron chi connectivity index (χ3n) is 5.10. The van der Waals surface area contributed by atoms with Gasteiger partial charge in [0.1, 0.15) is 6.61 Å². The Balaban J connectivity index is 1.62. The van der Waals surface area contributed by atoms with Crippen LogP contribution in [0.4, 0.5) is 4.79 Å². The van der Waals surface area contributed by atoms with Crippen LogP contribution in [-0.2, 0) is 11.4 Å². The first-order valence-electron chi connectivity index (χ1n) is 10.3. The Morgan fingerprint density at radius 1 is 1.00 bits per heavy atom. The van der Waals surface area contributed by atoms with E-state index in [1.54, 1.807) is 13.0 Å². The van der Waals surface area contributed by atoms with Crippen molar-refractivity contribution in [2.24, 2.45) is 0 Å². The molecule has 5 nitrogen and oxygen atoms in total. The van der Waals surface area contributed by atoms with Gasteiger partial charge in [0, 0.05) is 11.0 Å². The molecule has 0 aromatic heterocycles. The highest BCUT2D eigenvalue weighted by Gasteiger charge is 2.33. The molecule has 0 spiro atoms. The summed E-state index contributed by atoms with van der Waals surface area (Å²) >= 11 is 4.52. The summed E-state index contributed by atoms with van der Waals surface area (Å²) in [7, 11) is 0. The highest BCUT2D eigenvalue weighted by Crippen LogP contribution is 2.38. The average Bonchev–Trinajstić information content (AvgIpc) is 3.06. The van der Waals surface area contributed by atoms with Gasteiger partial charge in [-0.2, -0.15) is 0 Å². The molecule has 1 aliphatic rings. The van der Waals surface area contributed by atoms with E-state index in [0.29, 0.717) is 36.2 Å². The molecule has 3 aromatic rings. The number of nitrogens with zero attached hydrogens (tertiary/aromatic N) is 1. The lowest BCUT2D eigenvalue weighted by Gasteiger charge is -2.15. The Kier molecular flexibility index (Phi) is 6.86. The molecule has 0 unspecified atom stereocenters. The second-order valence-electron chi connectivity index (χ2n) is 7.11. The monoisotopic (exact) mass is 511 g/mol. The number of imide groups is 1. The van der Waals surface area contributed by atoms with Crippen LogP contribution < -0.4 is 9.47 Å². The normalized spacial score (nSPS) is 15.1. The van der Waals surface area contributed by atoms with Gasteiger partial charge in [0.25, 0.3) is 11.1 Å². The molecule has 0 atom stereocenters. The van der Waals surface area contributed by atoms with Gasteiger partial charge in [0.05, 0.1) is 11.5 Å². The van der Waals surface area contributed by atoms with Crippen molar-refractivity contribution in [1.29, 1.82) is 0 Å². The van der Waals surface area contributed by atoms with Gasteiger partial charge in [0.2, 0.25) is 0 Å². The minimum atomic E-state index is -0.274. The van der Waals surface area contributed by atoms with Gasteiger partial charge < -0.3 is 9.47 Å². The number of rotatable bonds is 7. The second-order valence-corrected chi connectivity index (χ2v) is 8.95. The van der Waals surface area contributed by atoms with Crippen molar-refractivity contribution in [1.82, 2.24) is 4.90 Å². The topological polar surface area (TPSA) is 55.8 Å². The lowest BCUT2D eigenvalue weighted by Crippen LogP contribution is -2.27. The number of hydrogen-bond acceptors (Lipinski definition) is 5. The van der Waals surface area contributed by atoms with Gasteiger partial charge in [-0.25, -0.2) is 0 Å². The Labute approximate surface area is 199 Å². The van der Waals surface area contributed by atoms with Crippen molar-refractivity contribution >= 4 is 55.7 Å². The van der Waals surface area contributed by atoms with Crippen LogP contribution >= 0.6 is 27.7 Å². The van der Waals surface area contributed by atoms with Crippen molar-refractivity contribution in [3.05, 3.63) is 75.1 Å². The summed E-state index contributed by atoms with van der Waals surface area (Å²) in [5.74, 6) is 0.908. The Hall–Kier alpha value is -2.77. The van der Waals surface area contributed by atoms with Gasteiger partial charge in [0.15, 0.2) is 11.5 Å². The number of carbonyl (C=O) groups is 2. The summed E-state index contributed by atoms with van der Waals surface area (Å²) < 4.78 is 12.7. The standard InChI is InChI=1S/C25H22BrNO4S/c1-3-27-24(28)23(32-25(27)29)13-18-12-21(30-4-2)22(14-20(18)26)31-15-17-10-7-9-16-8-5-6-11-19(16)17/h5-14H,3-4,15H2,1-2H3/b23-13+. The maximum atomic E-state index is 12.5. The molecule has 2 amide bonds. The van der Waals surface area contributed by atoms with Crippen molar-refractivity contribution in [3.8, 4) is 11.5 Å². The summed E-state index contributed by atoms with van der Waals surface area (Å²) in [6.45, 7) is 4.91. The molecule has 0 bridgehead atoms. The van der Waals surface area contributed by atoms with Crippen molar-refractivity contribution in [2.75, 3.05) is 13.2 Å². The maximum Gasteiger partial charge on any atom is 0.293 e. The summed E-state index contributed by atoms with van der Waals surface area (Å²) in [6.07, 6.45) is 1.71. The van der Waals surface area contributed by atoms with Crippen LogP contribution in [0.15, 0.2) is 64.0 Å². The fourth-order valence-electron chi connectivity index (χ4n) is 3.53. The lowest BCUT2D eigenvalue weighted by atomic mass is 10.1. The fourth-order valence-corrected chi connectivity index (χ4v) is 4.86. The van der Waals surface area contributed by atoms with Crippen LogP contribution in [0.1, 0.15) is 25.0 Å². The van der Waals surface area contributed by atoms with Gasteiger partial charge in [-0.05, 0) is 65.7 Å². The van der Waals surface area contributed by atoms with Crippen LogP contribution in [0.25, 0.3) is 16.8 Å². The number of halogens is 1. The van der Waals surface area contributed by atoms with E-state index >= 15 is 0 Å². The molecule has 4 rings (SSSR count). The zero-order chi connectivity index (χ0) is 22.7. The quantitative estimate of drug-likeness (QED) is 0.333. The van der Waals surface area contributed by atoms with Crippen molar-refractivity contribution in [2.45, 2.75) is 20.5 Å². The van der Waals surface area contributed by atoms with Crippen LogP contribution in [0.3, 0.4) is 0 Å². The molecule has 1 heterocycles. The summed E-state index contributed by atoms with van der Waals surface area (Å²) in [4.78, 5) is 26.1. The third-order valence-corrected chi connectivity index (χ3v) is 6.70. The minimum absolute atomic E-state index is 0.250. The van der Waals surface area contributed by atoms with E-state index in [2.05, 4.69) is 40.2 Å². The number of fused-ring (bicyclic) bond motifs is 1. The largest absolute Gasteiger partial charge is 0.490 e. The smallest absolute Gasteiger partial charge is 0.293 e. The first-order valence-corrected chi connectivity index (χ1v) is 11.9. The number of hydrogen-bond donors (Lipinski definition) is 0. The van der Waals surface area contributed by atoms with E-state index in [9.17, 15) is 9.59 Å². The molecule has 0 radical (unpaired) electrons. The molecule has 0 N–H and O–H groups in total. The zero-order valence-corrected chi connectivity index (χ0v) is 20.2. The number of carbonyl (C=O) groups excluding carboxylic acids is 2. The number of likely N-dealkylation sites (N-methyl/N-ethyl adjacent to an activating group) is 1. The predicted octanol–water partition coefficient (Wildman–Crippen LogP) is 6.64. The number of benzene rings is 3. The van der Waals surface area contributed by atoms with Gasteiger partial charge in [-0.3, -0.25) is 14.5 Å². The molecular weight excluding hydrogens is 490 g/mol. The van der Waals surface area contributed by atoms with Gasteiger partial charge >= 0.3 is 0 Å². The van der Waals surface area contributed by atoms with E-state index in [4.69, 9.17) is 9.47 Å². The van der Waals surface area contributed by atoms with Crippen molar-refractivity contribution < 1.29 is 19.1 Å². The molecule has 0 saturated carbocycles. The number of ether oxygens (including phenoxy) is 2. The van der Waals surface area contributed by atoms with Crippen LogP contribution in [0, 0.1) is 0 Å². The van der Waals surface area contributed by atoms with Crippen LogP contribution in [0.5, 0.6) is 11.5 Å². The summed E-state index contributed by atoms with van der Waals surface area (Å²) in [6, 6.07) is 18.0. The SMILES string of the molecule is CCOc1cc(/C=C2/SC(=O)N(CC)C2=O)c(Br)cc1OCc1cccc2ccccc12. The highest BCUT2D eigenvalue weighted by molar-refractivity contribution is 9.10. The van der Waals surface area contributed by atoms with Gasteiger partial charge in [-0.15, -0.1) is 0 Å². The average molecular weight is 512 g/mol. The molecule has 1 aliphatic heterocycles. The first kappa shape index (κ1) is 22.4. The molecule has 164 valence electrons. The van der Waals surface area contributed by atoms with Crippen LogP contribution in [0.2, 0.25) is 0 Å². The van der Waals surface area contributed by atoms with Crippen molar-refractivity contribution in [3.63, 3.8) is 0 Å². The van der Waals surface area contributed by atoms with E-state index < -0.39 is 0 Å². The third kappa shape index (κ3) is 4.54. The molecule has 1 fully saturated rings. The Morgan fingerprint density at radius 2 is 1.75 bits per heavy atom. The van der Waals surface area contributed by atoms with E-state index in [1.807, 2.05) is 37.3 Å². The second kappa shape index (κ2) is 9.79. The molecule has 1 saturated heterocycles. The van der Waals surface area contributed by atoms with Crippen LogP contribution in [-0.4, -0.2) is 29.2 Å². The Bertz CT molecular complexity index is 1220. The molecule has 7 heteroatoms. The van der Waals surface area contributed by atoms with E-state index in [0.717, 1.165) is 38.1 Å². The number of thioether (sulfide) groups is 1. The minimum Gasteiger partial charge on any atom is -0.490 e. The lowest BCUT2D eigenvalue weighted by molar-refractivity contribution is -0.122. The summed E-state index contributed by atoms with van der Waals surface area (Å²) in [5, 5.41) is 2.06.